The molecule has 0 atom stereocenters. The molecule has 0 saturated carbocycles. The highest BCUT2D eigenvalue weighted by Gasteiger charge is 2.02. The summed E-state index contributed by atoms with van der Waals surface area (Å²) in [6.07, 6.45) is 1.21. The van der Waals surface area contributed by atoms with E-state index in [1.165, 1.54) is 13.0 Å². The molecule has 1 N–H and O–H groups in total. The van der Waals surface area contributed by atoms with E-state index in [9.17, 15) is 0 Å². The quantitative estimate of drug-likeness (QED) is 0.732. The topological polar surface area (TPSA) is 15.3 Å². The predicted molar refractivity (Wildman–Crippen MR) is 80.6 cm³/mol. The molecule has 1 aromatic rings. The highest BCUT2D eigenvalue weighted by Crippen LogP contribution is 2.20. The second-order valence-corrected chi connectivity index (χ2v) is 5.19. The first-order valence-corrected chi connectivity index (χ1v) is 7.30. The Labute approximate surface area is 120 Å². The minimum Gasteiger partial charge on any atom is -0.311 e. The van der Waals surface area contributed by atoms with Crippen LogP contribution in [-0.2, 0) is 6.54 Å². The van der Waals surface area contributed by atoms with Gasteiger partial charge in [0.15, 0.2) is 0 Å². The van der Waals surface area contributed by atoms with Gasteiger partial charge < -0.3 is 10.2 Å². The van der Waals surface area contributed by atoms with Crippen LogP contribution in [-0.4, -0.2) is 31.1 Å². The number of benzene rings is 1. The summed E-state index contributed by atoms with van der Waals surface area (Å²) in [7, 11) is 0. The first-order valence-electron chi connectivity index (χ1n) is 6.54. The van der Waals surface area contributed by atoms with Crippen LogP contribution >= 0.6 is 23.2 Å². The Kier molecular flexibility index (Phi) is 7.68. The lowest BCUT2D eigenvalue weighted by atomic mass is 10.2. The summed E-state index contributed by atoms with van der Waals surface area (Å²) in [5, 5.41) is 4.83. The summed E-state index contributed by atoms with van der Waals surface area (Å²) >= 11 is 12.0. The van der Waals surface area contributed by atoms with Crippen LogP contribution in [0.3, 0.4) is 0 Å². The zero-order chi connectivity index (χ0) is 13.4. The lowest BCUT2D eigenvalue weighted by Crippen LogP contribution is -2.32. The zero-order valence-corrected chi connectivity index (χ0v) is 12.7. The molecule has 0 bridgehead atoms. The largest absolute Gasteiger partial charge is 0.311 e. The van der Waals surface area contributed by atoms with Crippen LogP contribution in [0, 0.1) is 0 Å². The van der Waals surface area contributed by atoms with Crippen LogP contribution in [0.2, 0.25) is 10.0 Å². The van der Waals surface area contributed by atoms with E-state index in [1.54, 1.807) is 6.07 Å². The number of halogens is 2. The van der Waals surface area contributed by atoms with Gasteiger partial charge in [0.1, 0.15) is 0 Å². The number of nitrogens with zero attached hydrogens (tertiary/aromatic N) is 1. The van der Waals surface area contributed by atoms with Gasteiger partial charge in [-0.25, -0.2) is 0 Å². The maximum atomic E-state index is 6.11. The molecule has 0 fully saturated rings. The average Bonchev–Trinajstić information content (AvgIpc) is 2.35. The second kappa shape index (κ2) is 8.76. The molecule has 0 radical (unpaired) electrons. The Hall–Kier alpha value is -0.280. The maximum absolute atomic E-state index is 6.11. The third-order valence-corrected chi connectivity index (χ3v) is 3.51. The molecule has 0 spiro atoms. The zero-order valence-electron chi connectivity index (χ0n) is 11.2. The number of hydrogen-bond acceptors (Lipinski definition) is 2. The van der Waals surface area contributed by atoms with E-state index in [-0.39, 0.29) is 0 Å². The predicted octanol–water partition coefficient (Wildman–Crippen LogP) is 3.81. The Balaban J connectivity index is 2.29. The summed E-state index contributed by atoms with van der Waals surface area (Å²) in [4.78, 5) is 2.44. The highest BCUT2D eigenvalue weighted by atomic mass is 35.5. The minimum absolute atomic E-state index is 0.684. The molecule has 0 aliphatic heterocycles. The first kappa shape index (κ1) is 15.8. The van der Waals surface area contributed by atoms with Crippen molar-refractivity contribution in [3.05, 3.63) is 33.8 Å². The van der Waals surface area contributed by atoms with E-state index in [1.807, 2.05) is 12.1 Å². The molecule has 0 saturated heterocycles. The van der Waals surface area contributed by atoms with Crippen molar-refractivity contribution in [3.8, 4) is 0 Å². The fraction of sp³-hybridized carbons (Fsp3) is 0.571. The van der Waals surface area contributed by atoms with Gasteiger partial charge in [0, 0.05) is 29.7 Å². The Morgan fingerprint density at radius 2 is 1.94 bits per heavy atom. The molecule has 1 aromatic carbocycles. The van der Waals surface area contributed by atoms with Crippen molar-refractivity contribution in [2.45, 2.75) is 26.8 Å². The fourth-order valence-corrected chi connectivity index (χ4v) is 2.34. The van der Waals surface area contributed by atoms with Gasteiger partial charge in [-0.05, 0) is 37.2 Å². The first-order chi connectivity index (χ1) is 8.67. The number of likely N-dealkylation sites (N-methyl/N-ethyl adjacent to an activating group) is 1. The molecule has 0 heterocycles. The molecular formula is C14H22Cl2N2. The normalized spacial score (nSPS) is 11.2. The molecule has 4 heteroatoms. The molecule has 1 rings (SSSR count). The van der Waals surface area contributed by atoms with Crippen LogP contribution in [0.25, 0.3) is 0 Å². The molecule has 0 aliphatic rings. The van der Waals surface area contributed by atoms with Crippen molar-refractivity contribution in [2.75, 3.05) is 26.2 Å². The Morgan fingerprint density at radius 3 is 2.56 bits per heavy atom. The second-order valence-electron chi connectivity index (χ2n) is 4.35. The third-order valence-electron chi connectivity index (χ3n) is 2.92. The van der Waals surface area contributed by atoms with Gasteiger partial charge in [-0.1, -0.05) is 43.1 Å². The Morgan fingerprint density at radius 1 is 1.17 bits per heavy atom. The van der Waals surface area contributed by atoms with Crippen LogP contribution in [0.4, 0.5) is 0 Å². The van der Waals surface area contributed by atoms with Crippen molar-refractivity contribution in [1.82, 2.24) is 10.2 Å². The van der Waals surface area contributed by atoms with Crippen LogP contribution in [0.5, 0.6) is 0 Å². The van der Waals surface area contributed by atoms with E-state index < -0.39 is 0 Å². The lowest BCUT2D eigenvalue weighted by molar-refractivity contribution is 0.287. The van der Waals surface area contributed by atoms with E-state index in [0.29, 0.717) is 5.02 Å². The fourth-order valence-electron chi connectivity index (χ4n) is 1.87. The maximum Gasteiger partial charge on any atom is 0.0465 e. The van der Waals surface area contributed by atoms with Gasteiger partial charge >= 0.3 is 0 Å². The van der Waals surface area contributed by atoms with Gasteiger partial charge in [-0.2, -0.15) is 0 Å². The summed E-state index contributed by atoms with van der Waals surface area (Å²) in [5.41, 5.74) is 1.10. The summed E-state index contributed by atoms with van der Waals surface area (Å²) < 4.78 is 0. The van der Waals surface area contributed by atoms with Crippen LogP contribution in [0.1, 0.15) is 25.8 Å². The van der Waals surface area contributed by atoms with Crippen molar-refractivity contribution >= 4 is 23.2 Å². The van der Waals surface area contributed by atoms with Gasteiger partial charge in [0.2, 0.25) is 0 Å². The smallest absolute Gasteiger partial charge is 0.0465 e. The van der Waals surface area contributed by atoms with Gasteiger partial charge in [-0.15, -0.1) is 0 Å². The van der Waals surface area contributed by atoms with Gasteiger partial charge in [0.25, 0.3) is 0 Å². The van der Waals surface area contributed by atoms with E-state index in [2.05, 4.69) is 24.1 Å². The lowest BCUT2D eigenvalue weighted by Gasteiger charge is -2.19. The highest BCUT2D eigenvalue weighted by molar-refractivity contribution is 6.35. The van der Waals surface area contributed by atoms with Crippen molar-refractivity contribution in [1.29, 1.82) is 0 Å². The van der Waals surface area contributed by atoms with E-state index in [4.69, 9.17) is 23.2 Å². The van der Waals surface area contributed by atoms with E-state index >= 15 is 0 Å². The van der Waals surface area contributed by atoms with Crippen molar-refractivity contribution < 1.29 is 0 Å². The van der Waals surface area contributed by atoms with Gasteiger partial charge in [-0.3, -0.25) is 0 Å². The molecule has 0 aromatic heterocycles. The Bertz CT molecular complexity index is 356. The summed E-state index contributed by atoms with van der Waals surface area (Å²) in [6.45, 7) is 9.54. The SMILES string of the molecule is CCCN(CC)CCNCc1ccc(Cl)cc1Cl. The summed E-state index contributed by atoms with van der Waals surface area (Å²) in [5.74, 6) is 0. The molecule has 0 unspecified atom stereocenters. The molecule has 2 nitrogen and oxygen atoms in total. The van der Waals surface area contributed by atoms with Crippen molar-refractivity contribution in [3.63, 3.8) is 0 Å². The molecule has 18 heavy (non-hydrogen) atoms. The van der Waals surface area contributed by atoms with E-state index in [0.717, 1.165) is 36.8 Å². The molecule has 102 valence electrons. The number of rotatable bonds is 8. The monoisotopic (exact) mass is 288 g/mol. The van der Waals surface area contributed by atoms with Crippen LogP contribution < -0.4 is 5.32 Å². The molecule has 0 aliphatic carbocycles. The molecular weight excluding hydrogens is 267 g/mol. The summed E-state index contributed by atoms with van der Waals surface area (Å²) in [6, 6.07) is 5.64. The number of hydrogen-bond donors (Lipinski definition) is 1. The standard InChI is InChI=1S/C14H22Cl2N2/c1-3-8-18(4-2)9-7-17-11-12-5-6-13(15)10-14(12)16/h5-6,10,17H,3-4,7-9,11H2,1-2H3. The minimum atomic E-state index is 0.684. The average molecular weight is 289 g/mol. The van der Waals surface area contributed by atoms with Gasteiger partial charge in [0.05, 0.1) is 0 Å². The van der Waals surface area contributed by atoms with Crippen molar-refractivity contribution in [2.24, 2.45) is 0 Å². The third kappa shape index (κ3) is 5.57. The number of nitrogens with one attached hydrogen (secondary N) is 1. The molecule has 0 amide bonds. The van der Waals surface area contributed by atoms with Crippen LogP contribution in [0.15, 0.2) is 18.2 Å².